The third-order valence-corrected chi connectivity index (χ3v) is 4.32. The molecule has 0 saturated heterocycles. The van der Waals surface area contributed by atoms with Gasteiger partial charge in [0.1, 0.15) is 0 Å². The molecule has 3 nitrogen and oxygen atoms in total. The Morgan fingerprint density at radius 1 is 1.15 bits per heavy atom. The lowest BCUT2D eigenvalue weighted by molar-refractivity contribution is -0.123. The van der Waals surface area contributed by atoms with Crippen molar-refractivity contribution < 1.29 is 4.79 Å². The molecule has 2 rings (SSSR count). The van der Waals surface area contributed by atoms with Crippen LogP contribution in [-0.4, -0.2) is 18.0 Å². The fraction of sp³-hybridized carbons (Fsp3) is 0.588. The molecule has 0 atom stereocenters. The van der Waals surface area contributed by atoms with Gasteiger partial charge in [-0.25, -0.2) is 0 Å². The van der Waals surface area contributed by atoms with Crippen LogP contribution in [0.15, 0.2) is 30.3 Å². The molecular formula is C17H26N2O. The first-order chi connectivity index (χ1) is 9.74. The van der Waals surface area contributed by atoms with Crippen molar-refractivity contribution >= 4 is 5.91 Å². The summed E-state index contributed by atoms with van der Waals surface area (Å²) in [6.45, 7) is 0.567. The van der Waals surface area contributed by atoms with Crippen LogP contribution in [-0.2, 0) is 11.2 Å². The van der Waals surface area contributed by atoms with Crippen LogP contribution in [0, 0.1) is 0 Å². The monoisotopic (exact) mass is 274 g/mol. The molecular weight excluding hydrogens is 248 g/mol. The van der Waals surface area contributed by atoms with E-state index in [0.29, 0.717) is 13.0 Å². The number of nitrogens with one attached hydrogen (secondary N) is 1. The lowest BCUT2D eigenvalue weighted by Gasteiger charge is -2.37. The van der Waals surface area contributed by atoms with Gasteiger partial charge in [-0.1, -0.05) is 49.6 Å². The second kappa shape index (κ2) is 7.44. The van der Waals surface area contributed by atoms with Gasteiger partial charge in [-0.15, -0.1) is 0 Å². The SMILES string of the molecule is NCC1(NC(=O)CCCc2ccccc2)CCCCC1. The van der Waals surface area contributed by atoms with Gasteiger partial charge in [0.05, 0.1) is 5.54 Å². The molecule has 110 valence electrons. The highest BCUT2D eigenvalue weighted by Gasteiger charge is 2.31. The normalized spacial score (nSPS) is 17.6. The molecule has 1 aromatic rings. The van der Waals surface area contributed by atoms with Crippen LogP contribution in [0.4, 0.5) is 0 Å². The largest absolute Gasteiger partial charge is 0.349 e. The first-order valence-electron chi connectivity index (χ1n) is 7.79. The average molecular weight is 274 g/mol. The molecule has 1 amide bonds. The molecule has 0 aromatic heterocycles. The van der Waals surface area contributed by atoms with Crippen molar-refractivity contribution in [3.63, 3.8) is 0 Å². The summed E-state index contributed by atoms with van der Waals surface area (Å²) in [7, 11) is 0. The van der Waals surface area contributed by atoms with E-state index in [2.05, 4.69) is 17.4 Å². The van der Waals surface area contributed by atoms with Gasteiger partial charge >= 0.3 is 0 Å². The average Bonchev–Trinajstić information content (AvgIpc) is 2.49. The Hall–Kier alpha value is -1.35. The van der Waals surface area contributed by atoms with Crippen LogP contribution >= 0.6 is 0 Å². The summed E-state index contributed by atoms with van der Waals surface area (Å²) in [5.41, 5.74) is 7.07. The number of benzene rings is 1. The van der Waals surface area contributed by atoms with Crippen LogP contribution in [0.3, 0.4) is 0 Å². The second-order valence-corrected chi connectivity index (χ2v) is 5.93. The summed E-state index contributed by atoms with van der Waals surface area (Å²) in [5.74, 6) is 0.160. The van der Waals surface area contributed by atoms with E-state index in [0.717, 1.165) is 25.7 Å². The van der Waals surface area contributed by atoms with E-state index in [1.165, 1.54) is 24.8 Å². The molecule has 1 aliphatic carbocycles. The number of hydrogen-bond donors (Lipinski definition) is 2. The van der Waals surface area contributed by atoms with Gasteiger partial charge in [-0.05, 0) is 31.2 Å². The first kappa shape index (κ1) is 15.0. The van der Waals surface area contributed by atoms with Crippen LogP contribution in [0.2, 0.25) is 0 Å². The van der Waals surface area contributed by atoms with Crippen LogP contribution in [0.25, 0.3) is 0 Å². The number of carbonyl (C=O) groups is 1. The minimum absolute atomic E-state index is 0.123. The molecule has 1 aromatic carbocycles. The molecule has 0 spiro atoms. The van der Waals surface area contributed by atoms with Crippen molar-refractivity contribution in [2.45, 2.75) is 56.9 Å². The number of rotatable bonds is 6. The highest BCUT2D eigenvalue weighted by atomic mass is 16.1. The predicted molar refractivity (Wildman–Crippen MR) is 82.4 cm³/mol. The maximum atomic E-state index is 12.1. The summed E-state index contributed by atoms with van der Waals surface area (Å²) in [6.07, 6.45) is 8.16. The first-order valence-corrected chi connectivity index (χ1v) is 7.79. The van der Waals surface area contributed by atoms with Gasteiger partial charge in [-0.3, -0.25) is 4.79 Å². The topological polar surface area (TPSA) is 55.1 Å². The fourth-order valence-electron chi connectivity index (χ4n) is 3.06. The zero-order valence-corrected chi connectivity index (χ0v) is 12.2. The molecule has 0 aliphatic heterocycles. The molecule has 3 N–H and O–H groups in total. The van der Waals surface area contributed by atoms with Gasteiger partial charge in [0, 0.05) is 13.0 Å². The lowest BCUT2D eigenvalue weighted by Crippen LogP contribution is -2.54. The van der Waals surface area contributed by atoms with Gasteiger partial charge < -0.3 is 11.1 Å². The Labute approximate surface area is 121 Å². The van der Waals surface area contributed by atoms with Crippen molar-refractivity contribution in [1.82, 2.24) is 5.32 Å². The fourth-order valence-corrected chi connectivity index (χ4v) is 3.06. The highest BCUT2D eigenvalue weighted by Crippen LogP contribution is 2.27. The molecule has 0 heterocycles. The zero-order chi connectivity index (χ0) is 14.3. The van der Waals surface area contributed by atoms with Crippen molar-refractivity contribution in [2.75, 3.05) is 6.54 Å². The third kappa shape index (κ3) is 4.34. The van der Waals surface area contributed by atoms with Gasteiger partial charge in [0.15, 0.2) is 0 Å². The molecule has 3 heteroatoms. The Morgan fingerprint density at radius 3 is 2.50 bits per heavy atom. The summed E-state index contributed by atoms with van der Waals surface area (Å²) in [4.78, 5) is 12.1. The van der Waals surface area contributed by atoms with E-state index in [1.54, 1.807) is 0 Å². The number of amides is 1. The minimum Gasteiger partial charge on any atom is -0.349 e. The van der Waals surface area contributed by atoms with Crippen LogP contribution in [0.1, 0.15) is 50.5 Å². The smallest absolute Gasteiger partial charge is 0.220 e. The van der Waals surface area contributed by atoms with Gasteiger partial charge in [-0.2, -0.15) is 0 Å². The number of hydrogen-bond acceptors (Lipinski definition) is 2. The summed E-state index contributed by atoms with van der Waals surface area (Å²) >= 11 is 0. The minimum atomic E-state index is -0.123. The quantitative estimate of drug-likeness (QED) is 0.838. The van der Waals surface area contributed by atoms with E-state index >= 15 is 0 Å². The Kier molecular flexibility index (Phi) is 5.60. The van der Waals surface area contributed by atoms with Crippen molar-refractivity contribution in [2.24, 2.45) is 5.73 Å². The number of carbonyl (C=O) groups excluding carboxylic acids is 1. The molecule has 1 aliphatic rings. The Bertz CT molecular complexity index is 410. The summed E-state index contributed by atoms with van der Waals surface area (Å²) < 4.78 is 0. The van der Waals surface area contributed by atoms with E-state index in [4.69, 9.17) is 5.73 Å². The highest BCUT2D eigenvalue weighted by molar-refractivity contribution is 5.76. The molecule has 0 unspecified atom stereocenters. The number of aryl methyl sites for hydroxylation is 1. The van der Waals surface area contributed by atoms with Crippen molar-refractivity contribution in [1.29, 1.82) is 0 Å². The van der Waals surface area contributed by atoms with Gasteiger partial charge in [0.25, 0.3) is 0 Å². The molecule has 20 heavy (non-hydrogen) atoms. The van der Waals surface area contributed by atoms with E-state index in [-0.39, 0.29) is 11.4 Å². The van der Waals surface area contributed by atoms with E-state index in [1.807, 2.05) is 18.2 Å². The maximum absolute atomic E-state index is 12.1. The Balaban J connectivity index is 1.74. The van der Waals surface area contributed by atoms with E-state index < -0.39 is 0 Å². The van der Waals surface area contributed by atoms with Crippen LogP contribution in [0.5, 0.6) is 0 Å². The second-order valence-electron chi connectivity index (χ2n) is 5.93. The van der Waals surface area contributed by atoms with Gasteiger partial charge in [0.2, 0.25) is 5.91 Å². The van der Waals surface area contributed by atoms with E-state index in [9.17, 15) is 4.79 Å². The predicted octanol–water partition coefficient (Wildman–Crippen LogP) is 2.79. The molecule has 1 fully saturated rings. The summed E-state index contributed by atoms with van der Waals surface area (Å²) in [6, 6.07) is 10.3. The van der Waals surface area contributed by atoms with Crippen LogP contribution < -0.4 is 11.1 Å². The zero-order valence-electron chi connectivity index (χ0n) is 12.2. The number of nitrogens with two attached hydrogens (primary N) is 1. The maximum Gasteiger partial charge on any atom is 0.220 e. The molecule has 0 radical (unpaired) electrons. The lowest BCUT2D eigenvalue weighted by atomic mass is 9.81. The standard InChI is InChI=1S/C17H26N2O/c18-14-17(12-5-2-6-13-17)19-16(20)11-7-10-15-8-3-1-4-9-15/h1,3-4,8-9H,2,5-7,10-14,18H2,(H,19,20). The molecule has 0 bridgehead atoms. The van der Waals surface area contributed by atoms with Crippen molar-refractivity contribution in [3.8, 4) is 0 Å². The molecule has 1 saturated carbocycles. The van der Waals surface area contributed by atoms with Crippen molar-refractivity contribution in [3.05, 3.63) is 35.9 Å². The third-order valence-electron chi connectivity index (χ3n) is 4.32. The summed E-state index contributed by atoms with van der Waals surface area (Å²) in [5, 5.41) is 3.20. The Morgan fingerprint density at radius 2 is 1.85 bits per heavy atom.